The number of rotatable bonds is 7. The maximum atomic E-state index is 12.6. The minimum Gasteiger partial charge on any atom is -0.360 e. The van der Waals surface area contributed by atoms with Crippen LogP contribution in [0.2, 0.25) is 0 Å². The normalized spacial score (nSPS) is 13.9. The van der Waals surface area contributed by atoms with Crippen LogP contribution in [0.5, 0.6) is 0 Å². The van der Waals surface area contributed by atoms with Crippen LogP contribution in [0.1, 0.15) is 16.9 Å². The van der Waals surface area contributed by atoms with Gasteiger partial charge in [-0.15, -0.1) is 10.2 Å². The first-order valence-electron chi connectivity index (χ1n) is 10.2. The number of hydrogen-bond acceptors (Lipinski definition) is 9. The van der Waals surface area contributed by atoms with Crippen molar-refractivity contribution in [2.24, 2.45) is 0 Å². The summed E-state index contributed by atoms with van der Waals surface area (Å²) >= 11 is 2.79. The van der Waals surface area contributed by atoms with Crippen molar-refractivity contribution in [1.29, 1.82) is 0 Å². The van der Waals surface area contributed by atoms with Crippen LogP contribution in [0.15, 0.2) is 39.2 Å². The molecule has 168 valence electrons. The summed E-state index contributed by atoms with van der Waals surface area (Å²) in [5.41, 5.74) is 2.21. The standard InChI is InChI=1S/C21H24N6O3S2/c1-14-4-3-5-16(10-14)12-19(29)26-6-8-27(9-7-26)20-23-24-21(32-20)31-13-18(28)22-17-11-15(2)30-25-17/h3-5,10-11H,6-9,12-13H2,1-2H3,(H,22,25,28). The molecule has 0 spiro atoms. The van der Waals surface area contributed by atoms with Crippen LogP contribution in [0.3, 0.4) is 0 Å². The van der Waals surface area contributed by atoms with Gasteiger partial charge in [-0.05, 0) is 19.4 Å². The van der Waals surface area contributed by atoms with E-state index in [1.807, 2.05) is 30.0 Å². The molecule has 3 aromatic rings. The third kappa shape index (κ3) is 5.86. The summed E-state index contributed by atoms with van der Waals surface area (Å²) in [6.45, 7) is 6.54. The highest BCUT2D eigenvalue weighted by atomic mass is 32.2. The van der Waals surface area contributed by atoms with E-state index < -0.39 is 0 Å². The molecule has 1 fully saturated rings. The van der Waals surface area contributed by atoms with Crippen molar-refractivity contribution in [3.8, 4) is 0 Å². The molecular weight excluding hydrogens is 448 g/mol. The Morgan fingerprint density at radius 1 is 1.16 bits per heavy atom. The van der Waals surface area contributed by atoms with E-state index in [0.717, 1.165) is 20.6 Å². The molecule has 0 aliphatic carbocycles. The molecule has 9 nitrogen and oxygen atoms in total. The molecule has 1 aromatic carbocycles. The first-order valence-corrected chi connectivity index (χ1v) is 12.0. The van der Waals surface area contributed by atoms with Crippen molar-refractivity contribution in [2.75, 3.05) is 42.1 Å². The second-order valence-corrected chi connectivity index (χ2v) is 9.72. The smallest absolute Gasteiger partial charge is 0.236 e. The lowest BCUT2D eigenvalue weighted by molar-refractivity contribution is -0.130. The topological polar surface area (TPSA) is 104 Å². The molecule has 0 unspecified atom stereocenters. The number of amides is 2. The first-order chi connectivity index (χ1) is 15.5. The summed E-state index contributed by atoms with van der Waals surface area (Å²) in [6, 6.07) is 9.73. The van der Waals surface area contributed by atoms with Gasteiger partial charge in [-0.2, -0.15) is 0 Å². The van der Waals surface area contributed by atoms with E-state index in [-0.39, 0.29) is 17.6 Å². The predicted molar refractivity (Wildman–Crippen MR) is 124 cm³/mol. The zero-order valence-electron chi connectivity index (χ0n) is 17.9. The van der Waals surface area contributed by atoms with Crippen molar-refractivity contribution in [1.82, 2.24) is 20.3 Å². The fraction of sp³-hybridized carbons (Fsp3) is 0.381. The van der Waals surface area contributed by atoms with Gasteiger partial charge < -0.3 is 19.6 Å². The Morgan fingerprint density at radius 2 is 1.97 bits per heavy atom. The number of carbonyl (C=O) groups excluding carboxylic acids is 2. The Kier molecular flexibility index (Phi) is 7.05. The lowest BCUT2D eigenvalue weighted by Gasteiger charge is -2.34. The van der Waals surface area contributed by atoms with Crippen molar-refractivity contribution in [3.05, 3.63) is 47.2 Å². The number of anilines is 2. The number of nitrogens with zero attached hydrogens (tertiary/aromatic N) is 5. The van der Waals surface area contributed by atoms with Gasteiger partial charge in [0, 0.05) is 32.2 Å². The van der Waals surface area contributed by atoms with Crippen molar-refractivity contribution < 1.29 is 14.1 Å². The molecule has 11 heteroatoms. The molecule has 1 saturated heterocycles. The summed E-state index contributed by atoms with van der Waals surface area (Å²) in [7, 11) is 0. The SMILES string of the molecule is Cc1cccc(CC(=O)N2CCN(c3nnc(SCC(=O)Nc4cc(C)on4)s3)CC2)c1. The van der Waals surface area contributed by atoms with E-state index in [4.69, 9.17) is 4.52 Å². The molecule has 1 aliphatic heterocycles. The van der Waals surface area contributed by atoms with Crippen LogP contribution >= 0.6 is 23.1 Å². The second-order valence-electron chi connectivity index (χ2n) is 7.54. The zero-order chi connectivity index (χ0) is 22.5. The highest BCUT2D eigenvalue weighted by Gasteiger charge is 2.23. The van der Waals surface area contributed by atoms with Gasteiger partial charge in [0.25, 0.3) is 0 Å². The number of carbonyl (C=O) groups is 2. The minimum absolute atomic E-state index is 0.150. The molecule has 0 atom stereocenters. The van der Waals surface area contributed by atoms with Crippen molar-refractivity contribution in [3.63, 3.8) is 0 Å². The summed E-state index contributed by atoms with van der Waals surface area (Å²) in [5, 5.41) is 15.7. The third-order valence-electron chi connectivity index (χ3n) is 4.96. The number of thioether (sulfide) groups is 1. The Bertz CT molecular complexity index is 1090. The Morgan fingerprint density at radius 3 is 2.69 bits per heavy atom. The van der Waals surface area contributed by atoms with Gasteiger partial charge in [-0.1, -0.05) is 58.1 Å². The number of benzene rings is 1. The molecule has 3 heterocycles. The monoisotopic (exact) mass is 472 g/mol. The summed E-state index contributed by atoms with van der Waals surface area (Å²) in [5.74, 6) is 1.22. The van der Waals surface area contributed by atoms with E-state index >= 15 is 0 Å². The van der Waals surface area contributed by atoms with Crippen molar-refractivity contribution >= 4 is 45.9 Å². The molecule has 2 amide bonds. The zero-order valence-corrected chi connectivity index (χ0v) is 19.5. The van der Waals surface area contributed by atoms with Gasteiger partial charge in [0.05, 0.1) is 12.2 Å². The van der Waals surface area contributed by atoms with E-state index in [1.54, 1.807) is 13.0 Å². The highest BCUT2D eigenvalue weighted by molar-refractivity contribution is 8.01. The van der Waals surface area contributed by atoms with Crippen LogP contribution in [0.4, 0.5) is 10.9 Å². The average Bonchev–Trinajstić information content (AvgIpc) is 3.41. The van der Waals surface area contributed by atoms with E-state index in [9.17, 15) is 9.59 Å². The molecule has 4 rings (SSSR count). The molecule has 0 radical (unpaired) electrons. The van der Waals surface area contributed by atoms with Crippen LogP contribution in [0, 0.1) is 13.8 Å². The van der Waals surface area contributed by atoms with Gasteiger partial charge in [-0.25, -0.2) is 0 Å². The summed E-state index contributed by atoms with van der Waals surface area (Å²) in [4.78, 5) is 28.7. The molecular formula is C21H24N6O3S2. The largest absolute Gasteiger partial charge is 0.360 e. The van der Waals surface area contributed by atoms with E-state index in [1.165, 1.54) is 23.1 Å². The Labute approximate surface area is 194 Å². The van der Waals surface area contributed by atoms with Gasteiger partial charge >= 0.3 is 0 Å². The Balaban J connectivity index is 1.23. The molecule has 0 bridgehead atoms. The van der Waals surface area contributed by atoms with E-state index in [2.05, 4.69) is 31.6 Å². The summed E-state index contributed by atoms with van der Waals surface area (Å²) < 4.78 is 5.66. The van der Waals surface area contributed by atoms with Gasteiger partial charge in [0.2, 0.25) is 16.9 Å². The molecule has 1 aliphatic rings. The third-order valence-corrected chi connectivity index (χ3v) is 7.08. The molecule has 2 aromatic heterocycles. The van der Waals surface area contributed by atoms with Crippen molar-refractivity contribution in [2.45, 2.75) is 24.6 Å². The fourth-order valence-corrected chi connectivity index (χ4v) is 5.07. The Hall–Kier alpha value is -2.92. The number of nitrogens with one attached hydrogen (secondary N) is 1. The van der Waals surface area contributed by atoms with Crippen LogP contribution in [-0.4, -0.2) is 64.0 Å². The van der Waals surface area contributed by atoms with Crippen LogP contribution in [0.25, 0.3) is 0 Å². The lowest BCUT2D eigenvalue weighted by Crippen LogP contribution is -2.49. The summed E-state index contributed by atoms with van der Waals surface area (Å²) in [6.07, 6.45) is 0.428. The average molecular weight is 473 g/mol. The van der Waals surface area contributed by atoms with Crippen LogP contribution < -0.4 is 10.2 Å². The first kappa shape index (κ1) is 22.3. The number of aromatic nitrogens is 3. The maximum absolute atomic E-state index is 12.6. The number of aryl methyl sites for hydroxylation is 2. The van der Waals surface area contributed by atoms with Crippen LogP contribution in [-0.2, 0) is 16.0 Å². The minimum atomic E-state index is -0.180. The number of hydrogen-bond donors (Lipinski definition) is 1. The predicted octanol–water partition coefficient (Wildman–Crippen LogP) is 2.77. The second kappa shape index (κ2) is 10.1. The molecule has 1 N–H and O–H groups in total. The van der Waals surface area contributed by atoms with E-state index in [0.29, 0.717) is 44.2 Å². The van der Waals surface area contributed by atoms with Gasteiger partial charge in [-0.3, -0.25) is 9.59 Å². The highest BCUT2D eigenvalue weighted by Crippen LogP contribution is 2.28. The quantitative estimate of drug-likeness (QED) is 0.524. The maximum Gasteiger partial charge on any atom is 0.236 e. The molecule has 32 heavy (non-hydrogen) atoms. The lowest BCUT2D eigenvalue weighted by atomic mass is 10.1. The van der Waals surface area contributed by atoms with Gasteiger partial charge in [0.15, 0.2) is 10.2 Å². The number of piperazine rings is 1. The fourth-order valence-electron chi connectivity index (χ4n) is 3.38. The van der Waals surface area contributed by atoms with Gasteiger partial charge in [0.1, 0.15) is 5.76 Å². The molecule has 0 saturated carbocycles.